The molecule has 0 unspecified atom stereocenters. The fourth-order valence-electron chi connectivity index (χ4n) is 2.18. The van der Waals surface area contributed by atoms with Gasteiger partial charge in [-0.3, -0.25) is 5.43 Å². The Labute approximate surface area is 146 Å². The fourth-order valence-corrected chi connectivity index (χ4v) is 2.18. The molecule has 0 heterocycles. The maximum absolute atomic E-state index is 5.33. The standard InChI is InChI=1S/C20H18N4O/c1-25-19-15-9-8-14-18(19)22-24-20(16-10-4-2-5-11-16)23-21-17-12-6-3-7-13-17/h2-15,22H,1H3. The molecule has 0 aliphatic heterocycles. The highest BCUT2D eigenvalue weighted by Gasteiger charge is 2.04. The molecular weight excluding hydrogens is 312 g/mol. The van der Waals surface area contributed by atoms with E-state index in [1.165, 1.54) is 0 Å². The molecule has 5 nitrogen and oxygen atoms in total. The van der Waals surface area contributed by atoms with Crippen molar-refractivity contribution in [2.45, 2.75) is 0 Å². The van der Waals surface area contributed by atoms with Crippen LogP contribution in [0.5, 0.6) is 5.75 Å². The molecule has 0 saturated carbocycles. The van der Waals surface area contributed by atoms with E-state index in [-0.39, 0.29) is 0 Å². The highest BCUT2D eigenvalue weighted by Crippen LogP contribution is 2.23. The Hall–Kier alpha value is -3.47. The predicted molar refractivity (Wildman–Crippen MR) is 101 cm³/mol. The van der Waals surface area contributed by atoms with E-state index < -0.39 is 0 Å². The first-order valence-electron chi connectivity index (χ1n) is 7.86. The number of azo groups is 1. The lowest BCUT2D eigenvalue weighted by atomic mass is 10.2. The molecule has 1 N–H and O–H groups in total. The zero-order valence-corrected chi connectivity index (χ0v) is 13.8. The lowest BCUT2D eigenvalue weighted by Gasteiger charge is -2.07. The van der Waals surface area contributed by atoms with Crippen LogP contribution in [0.4, 0.5) is 11.4 Å². The Balaban J connectivity index is 1.90. The van der Waals surface area contributed by atoms with E-state index in [4.69, 9.17) is 4.74 Å². The number of hydrogen-bond acceptors (Lipinski definition) is 4. The number of nitrogens with zero attached hydrogens (tertiary/aromatic N) is 3. The molecule has 0 bridgehead atoms. The van der Waals surface area contributed by atoms with Gasteiger partial charge < -0.3 is 4.74 Å². The number of anilines is 1. The van der Waals surface area contributed by atoms with Crippen molar-refractivity contribution in [2.24, 2.45) is 15.3 Å². The van der Waals surface area contributed by atoms with E-state index in [1.807, 2.05) is 84.9 Å². The molecule has 0 radical (unpaired) electrons. The molecule has 124 valence electrons. The van der Waals surface area contributed by atoms with Crippen molar-refractivity contribution in [3.63, 3.8) is 0 Å². The first-order chi connectivity index (χ1) is 12.4. The van der Waals surface area contributed by atoms with Crippen LogP contribution >= 0.6 is 0 Å². The van der Waals surface area contributed by atoms with Crippen molar-refractivity contribution in [2.75, 3.05) is 12.5 Å². The van der Waals surface area contributed by atoms with Gasteiger partial charge in [0.15, 0.2) is 0 Å². The van der Waals surface area contributed by atoms with E-state index in [2.05, 4.69) is 20.8 Å². The molecule has 3 rings (SSSR count). The third kappa shape index (κ3) is 4.51. The molecule has 0 atom stereocenters. The number of methoxy groups -OCH3 is 1. The van der Waals surface area contributed by atoms with Crippen LogP contribution in [0.25, 0.3) is 0 Å². The first-order valence-corrected chi connectivity index (χ1v) is 7.86. The summed E-state index contributed by atoms with van der Waals surface area (Å²) in [6.07, 6.45) is 0. The van der Waals surface area contributed by atoms with E-state index in [9.17, 15) is 0 Å². The third-order valence-electron chi connectivity index (χ3n) is 3.44. The zero-order valence-electron chi connectivity index (χ0n) is 13.8. The van der Waals surface area contributed by atoms with Gasteiger partial charge in [0.1, 0.15) is 5.75 Å². The number of hydrazone groups is 1. The van der Waals surface area contributed by atoms with Gasteiger partial charge in [-0.25, -0.2) is 0 Å². The number of hydrogen-bond donors (Lipinski definition) is 1. The van der Waals surface area contributed by atoms with Gasteiger partial charge in [-0.15, -0.1) is 10.2 Å². The fraction of sp³-hybridized carbons (Fsp3) is 0.0500. The largest absolute Gasteiger partial charge is 0.495 e. The minimum Gasteiger partial charge on any atom is -0.495 e. The monoisotopic (exact) mass is 330 g/mol. The van der Waals surface area contributed by atoms with Gasteiger partial charge in [0.2, 0.25) is 5.84 Å². The number of para-hydroxylation sites is 2. The molecule has 0 aliphatic carbocycles. The van der Waals surface area contributed by atoms with Gasteiger partial charge in [-0.05, 0) is 24.3 Å². The van der Waals surface area contributed by atoms with Gasteiger partial charge in [0, 0.05) is 5.56 Å². The van der Waals surface area contributed by atoms with E-state index in [1.54, 1.807) is 7.11 Å². The second-order valence-corrected chi connectivity index (χ2v) is 5.15. The molecule has 25 heavy (non-hydrogen) atoms. The second-order valence-electron chi connectivity index (χ2n) is 5.15. The summed E-state index contributed by atoms with van der Waals surface area (Å²) in [4.78, 5) is 0. The summed E-state index contributed by atoms with van der Waals surface area (Å²) in [5, 5.41) is 13.0. The van der Waals surface area contributed by atoms with Gasteiger partial charge in [-0.2, -0.15) is 5.10 Å². The Kier molecular flexibility index (Phi) is 5.51. The van der Waals surface area contributed by atoms with Gasteiger partial charge in [0.05, 0.1) is 18.5 Å². The number of benzene rings is 3. The number of nitrogens with one attached hydrogen (secondary N) is 1. The van der Waals surface area contributed by atoms with Gasteiger partial charge in [0.25, 0.3) is 0 Å². The van der Waals surface area contributed by atoms with Crippen molar-refractivity contribution in [1.82, 2.24) is 0 Å². The summed E-state index contributed by atoms with van der Waals surface area (Å²) in [7, 11) is 1.62. The maximum Gasteiger partial charge on any atom is 0.201 e. The lowest BCUT2D eigenvalue weighted by molar-refractivity contribution is 0.416. The zero-order chi connectivity index (χ0) is 17.3. The molecular formula is C20H18N4O. The van der Waals surface area contributed by atoms with Crippen LogP contribution in [0, 0.1) is 0 Å². The maximum atomic E-state index is 5.33. The molecule has 0 aromatic heterocycles. The second kappa shape index (κ2) is 8.40. The molecule has 3 aromatic carbocycles. The molecule has 3 aromatic rings. The topological polar surface area (TPSA) is 58.3 Å². The average Bonchev–Trinajstić information content (AvgIpc) is 2.70. The molecule has 5 heteroatoms. The predicted octanol–water partition coefficient (Wildman–Crippen LogP) is 5.25. The SMILES string of the molecule is COc1ccccc1NN=C(N=Nc1ccccc1)c1ccccc1. The Morgan fingerprint density at radius 3 is 2.16 bits per heavy atom. The normalized spacial score (nSPS) is 11.5. The van der Waals surface area contributed by atoms with E-state index in [0.29, 0.717) is 11.6 Å². The lowest BCUT2D eigenvalue weighted by Crippen LogP contribution is -2.02. The van der Waals surface area contributed by atoms with Crippen molar-refractivity contribution < 1.29 is 4.74 Å². The Morgan fingerprint density at radius 2 is 1.44 bits per heavy atom. The first kappa shape index (κ1) is 16.4. The quantitative estimate of drug-likeness (QED) is 0.300. The minimum absolute atomic E-state index is 0.482. The summed E-state index contributed by atoms with van der Waals surface area (Å²) < 4.78 is 5.33. The molecule has 0 spiro atoms. The number of rotatable bonds is 5. The van der Waals surface area contributed by atoms with Crippen LogP contribution < -0.4 is 10.2 Å². The Bertz CT molecular complexity index is 861. The molecule has 0 fully saturated rings. The summed E-state index contributed by atoms with van der Waals surface area (Å²) in [6, 6.07) is 26.8. The number of ether oxygens (including phenoxy) is 1. The number of amidine groups is 1. The minimum atomic E-state index is 0.482. The van der Waals surface area contributed by atoms with Crippen LogP contribution in [0.2, 0.25) is 0 Å². The van der Waals surface area contributed by atoms with Gasteiger partial charge >= 0.3 is 0 Å². The summed E-state index contributed by atoms with van der Waals surface area (Å²) in [5.41, 5.74) is 5.40. The highest BCUT2D eigenvalue weighted by molar-refractivity contribution is 5.99. The highest BCUT2D eigenvalue weighted by atomic mass is 16.5. The summed E-state index contributed by atoms with van der Waals surface area (Å²) >= 11 is 0. The average molecular weight is 330 g/mol. The van der Waals surface area contributed by atoms with E-state index in [0.717, 1.165) is 16.9 Å². The molecule has 0 aliphatic rings. The third-order valence-corrected chi connectivity index (χ3v) is 3.44. The van der Waals surface area contributed by atoms with Crippen LogP contribution in [0.1, 0.15) is 5.56 Å². The van der Waals surface area contributed by atoms with Crippen molar-refractivity contribution in [3.05, 3.63) is 90.5 Å². The molecule has 0 amide bonds. The summed E-state index contributed by atoms with van der Waals surface area (Å²) in [6.45, 7) is 0. The Morgan fingerprint density at radius 1 is 0.800 bits per heavy atom. The van der Waals surface area contributed by atoms with E-state index >= 15 is 0 Å². The van der Waals surface area contributed by atoms with Crippen LogP contribution in [-0.4, -0.2) is 12.9 Å². The van der Waals surface area contributed by atoms with Crippen LogP contribution in [-0.2, 0) is 0 Å². The summed E-state index contributed by atoms with van der Waals surface area (Å²) in [5.74, 6) is 1.19. The van der Waals surface area contributed by atoms with Crippen molar-refractivity contribution in [1.29, 1.82) is 0 Å². The van der Waals surface area contributed by atoms with Crippen LogP contribution in [0.15, 0.2) is 100 Å². The smallest absolute Gasteiger partial charge is 0.201 e. The molecule has 0 saturated heterocycles. The van der Waals surface area contributed by atoms with Crippen LogP contribution in [0.3, 0.4) is 0 Å². The van der Waals surface area contributed by atoms with Crippen molar-refractivity contribution >= 4 is 17.2 Å². The van der Waals surface area contributed by atoms with Crippen molar-refractivity contribution in [3.8, 4) is 5.75 Å². The van der Waals surface area contributed by atoms with Gasteiger partial charge in [-0.1, -0.05) is 60.7 Å².